The van der Waals surface area contributed by atoms with Crippen molar-refractivity contribution >= 4 is 5.96 Å². The van der Waals surface area contributed by atoms with Crippen LogP contribution in [0.4, 0.5) is 0 Å². The van der Waals surface area contributed by atoms with Gasteiger partial charge in [0.05, 0.1) is 13.2 Å². The Morgan fingerprint density at radius 2 is 1.88 bits per heavy atom. The highest BCUT2D eigenvalue weighted by Crippen LogP contribution is 2.40. The number of hydrogen-bond acceptors (Lipinski definition) is 3. The van der Waals surface area contributed by atoms with E-state index in [4.69, 9.17) is 14.5 Å². The number of benzene rings is 1. The number of nitrogens with one attached hydrogen (secondary N) is 2. The molecule has 1 aliphatic carbocycles. The van der Waals surface area contributed by atoms with E-state index in [1.54, 1.807) is 14.2 Å². The summed E-state index contributed by atoms with van der Waals surface area (Å²) in [7, 11) is 3.51. The number of methoxy groups -OCH3 is 2. The highest BCUT2D eigenvalue weighted by Gasteiger charge is 2.33. The fourth-order valence-electron chi connectivity index (χ4n) is 3.73. The summed E-state index contributed by atoms with van der Waals surface area (Å²) >= 11 is 0. The molecular weight excluding hydrogens is 326 g/mol. The van der Waals surface area contributed by atoms with Gasteiger partial charge in [-0.05, 0) is 42.7 Å². The molecule has 0 aromatic heterocycles. The van der Waals surface area contributed by atoms with E-state index < -0.39 is 0 Å². The molecule has 0 atom stereocenters. The van der Waals surface area contributed by atoms with Gasteiger partial charge in [0.2, 0.25) is 0 Å². The van der Waals surface area contributed by atoms with E-state index in [-0.39, 0.29) is 0 Å². The molecule has 1 aromatic rings. The lowest BCUT2D eigenvalue weighted by Crippen LogP contribution is -2.43. The van der Waals surface area contributed by atoms with Crippen molar-refractivity contribution in [2.45, 2.75) is 52.2 Å². The van der Waals surface area contributed by atoms with Crippen LogP contribution in [0.5, 0.6) is 0 Å². The second kappa shape index (κ2) is 11.2. The molecule has 0 unspecified atom stereocenters. The molecule has 0 radical (unpaired) electrons. The zero-order valence-corrected chi connectivity index (χ0v) is 16.6. The normalized spacial score (nSPS) is 16.7. The summed E-state index contributed by atoms with van der Waals surface area (Å²) < 4.78 is 10.6. The lowest BCUT2D eigenvalue weighted by Gasteiger charge is -2.30. The van der Waals surface area contributed by atoms with Gasteiger partial charge in [-0.15, -0.1) is 0 Å². The maximum absolute atomic E-state index is 5.34. The van der Waals surface area contributed by atoms with Crippen LogP contribution in [0.25, 0.3) is 0 Å². The minimum Gasteiger partial charge on any atom is -0.385 e. The van der Waals surface area contributed by atoms with Gasteiger partial charge >= 0.3 is 0 Å². The average Bonchev–Trinajstić information content (AvgIpc) is 3.12. The number of rotatable bonds is 10. The lowest BCUT2D eigenvalue weighted by molar-refractivity contribution is 0.138. The molecule has 1 saturated carbocycles. The van der Waals surface area contributed by atoms with E-state index >= 15 is 0 Å². The Labute approximate surface area is 158 Å². The largest absolute Gasteiger partial charge is 0.385 e. The highest BCUT2D eigenvalue weighted by atomic mass is 16.5. The zero-order chi connectivity index (χ0) is 18.7. The van der Waals surface area contributed by atoms with Gasteiger partial charge in [-0.3, -0.25) is 0 Å². The van der Waals surface area contributed by atoms with Gasteiger partial charge in [0, 0.05) is 33.9 Å². The summed E-state index contributed by atoms with van der Waals surface area (Å²) in [6.45, 7) is 6.07. The van der Waals surface area contributed by atoms with Crippen LogP contribution >= 0.6 is 0 Å². The first kappa shape index (κ1) is 20.7. The van der Waals surface area contributed by atoms with Crippen LogP contribution in [0.2, 0.25) is 0 Å². The van der Waals surface area contributed by atoms with Crippen molar-refractivity contribution in [3.05, 3.63) is 35.4 Å². The van der Waals surface area contributed by atoms with Crippen LogP contribution in [-0.2, 0) is 22.6 Å². The van der Waals surface area contributed by atoms with Crippen molar-refractivity contribution in [2.24, 2.45) is 10.4 Å². The Kier molecular flexibility index (Phi) is 8.92. The van der Waals surface area contributed by atoms with Gasteiger partial charge < -0.3 is 20.1 Å². The summed E-state index contributed by atoms with van der Waals surface area (Å²) in [6.07, 6.45) is 6.33. The van der Waals surface area contributed by atoms with Gasteiger partial charge in [-0.25, -0.2) is 4.99 Å². The second-order valence-electron chi connectivity index (χ2n) is 7.25. The third-order valence-corrected chi connectivity index (χ3v) is 5.20. The molecule has 26 heavy (non-hydrogen) atoms. The Hall–Kier alpha value is -1.59. The van der Waals surface area contributed by atoms with Crippen molar-refractivity contribution in [3.8, 4) is 0 Å². The fraction of sp³-hybridized carbons (Fsp3) is 0.667. The molecule has 1 fully saturated rings. The Morgan fingerprint density at radius 3 is 2.58 bits per heavy atom. The van der Waals surface area contributed by atoms with Crippen molar-refractivity contribution in [1.82, 2.24) is 10.6 Å². The summed E-state index contributed by atoms with van der Waals surface area (Å²) in [4.78, 5) is 4.78. The third-order valence-electron chi connectivity index (χ3n) is 5.20. The minimum atomic E-state index is 0.352. The van der Waals surface area contributed by atoms with Gasteiger partial charge in [-0.1, -0.05) is 37.1 Å². The molecule has 5 heteroatoms. The molecule has 0 amide bonds. The van der Waals surface area contributed by atoms with Crippen LogP contribution < -0.4 is 10.6 Å². The molecule has 1 aliphatic rings. The van der Waals surface area contributed by atoms with E-state index in [0.29, 0.717) is 18.6 Å². The molecule has 0 spiro atoms. The van der Waals surface area contributed by atoms with Crippen molar-refractivity contribution in [1.29, 1.82) is 0 Å². The van der Waals surface area contributed by atoms with Gasteiger partial charge in [0.15, 0.2) is 5.96 Å². The predicted molar refractivity (Wildman–Crippen MR) is 107 cm³/mol. The molecule has 0 bridgehead atoms. The van der Waals surface area contributed by atoms with Crippen molar-refractivity contribution in [3.63, 3.8) is 0 Å². The fourth-order valence-corrected chi connectivity index (χ4v) is 3.73. The van der Waals surface area contributed by atoms with Crippen LogP contribution in [0.1, 0.15) is 50.2 Å². The molecule has 0 heterocycles. The molecule has 2 rings (SSSR count). The smallest absolute Gasteiger partial charge is 0.191 e. The quantitative estimate of drug-likeness (QED) is 0.495. The highest BCUT2D eigenvalue weighted by molar-refractivity contribution is 5.79. The molecule has 0 saturated heterocycles. The van der Waals surface area contributed by atoms with Gasteiger partial charge in [0.1, 0.15) is 0 Å². The van der Waals surface area contributed by atoms with Crippen LogP contribution in [-0.4, -0.2) is 39.9 Å². The minimum absolute atomic E-state index is 0.352. The van der Waals surface area contributed by atoms with E-state index in [9.17, 15) is 0 Å². The van der Waals surface area contributed by atoms with Crippen LogP contribution in [0, 0.1) is 5.41 Å². The molecule has 0 aliphatic heterocycles. The van der Waals surface area contributed by atoms with Gasteiger partial charge in [0.25, 0.3) is 0 Å². The zero-order valence-electron chi connectivity index (χ0n) is 16.6. The average molecular weight is 362 g/mol. The Morgan fingerprint density at radius 1 is 1.12 bits per heavy atom. The molecule has 2 N–H and O–H groups in total. The summed E-state index contributed by atoms with van der Waals surface area (Å²) in [6, 6.07) is 8.43. The number of ether oxygens (including phenoxy) is 2. The monoisotopic (exact) mass is 361 g/mol. The topological polar surface area (TPSA) is 54.9 Å². The van der Waals surface area contributed by atoms with Gasteiger partial charge in [-0.2, -0.15) is 0 Å². The molecule has 1 aromatic carbocycles. The van der Waals surface area contributed by atoms with E-state index in [0.717, 1.165) is 32.1 Å². The first-order chi connectivity index (χ1) is 12.7. The van der Waals surface area contributed by atoms with E-state index in [1.165, 1.54) is 36.8 Å². The summed E-state index contributed by atoms with van der Waals surface area (Å²) in [5, 5.41) is 6.95. The Bertz CT molecular complexity index is 554. The number of hydrogen-bond donors (Lipinski definition) is 2. The molecule has 146 valence electrons. The summed E-state index contributed by atoms with van der Waals surface area (Å²) in [5.41, 5.74) is 2.74. The lowest BCUT2D eigenvalue weighted by atomic mass is 9.83. The predicted octanol–water partition coefficient (Wildman–Crippen LogP) is 3.49. The second-order valence-corrected chi connectivity index (χ2v) is 7.25. The van der Waals surface area contributed by atoms with Crippen LogP contribution in [0.15, 0.2) is 29.3 Å². The molecule has 5 nitrogen and oxygen atoms in total. The number of nitrogens with zero attached hydrogens (tertiary/aromatic N) is 1. The van der Waals surface area contributed by atoms with Crippen molar-refractivity contribution < 1.29 is 9.47 Å². The maximum atomic E-state index is 5.34. The maximum Gasteiger partial charge on any atom is 0.191 e. The first-order valence-corrected chi connectivity index (χ1v) is 9.79. The SMILES string of the molecule is CCNC(=NCc1cccc(COC)c1)NCC1(CCOC)CCCC1. The van der Waals surface area contributed by atoms with E-state index in [1.807, 2.05) is 0 Å². The van der Waals surface area contributed by atoms with Crippen molar-refractivity contribution in [2.75, 3.05) is 33.9 Å². The molecular formula is C21H35N3O2. The summed E-state index contributed by atoms with van der Waals surface area (Å²) in [5.74, 6) is 0.897. The standard InChI is InChI=1S/C21H35N3O2/c1-4-22-20(23-15-18-8-7-9-19(14-18)16-26-3)24-17-21(12-13-25-2)10-5-6-11-21/h7-9,14H,4-6,10-13,15-17H2,1-3H3,(H2,22,23,24). The van der Waals surface area contributed by atoms with E-state index in [2.05, 4.69) is 41.8 Å². The third kappa shape index (κ3) is 6.61. The number of guanidine groups is 1. The Balaban J connectivity index is 1.96. The first-order valence-electron chi connectivity index (χ1n) is 9.79. The van der Waals surface area contributed by atoms with Crippen LogP contribution in [0.3, 0.4) is 0 Å². The number of aliphatic imine (C=N–C) groups is 1.